The SMILES string of the molecule is CC(=O)SCCC(=O)N1CC[C@H](SC(C)=O)[C@H]1C(=O)O. The normalized spacial score (nSPS) is 21.8. The molecule has 20 heavy (non-hydrogen) atoms. The van der Waals surface area contributed by atoms with Crippen LogP contribution in [0.3, 0.4) is 0 Å². The van der Waals surface area contributed by atoms with E-state index in [4.69, 9.17) is 0 Å². The van der Waals surface area contributed by atoms with E-state index in [-0.39, 0.29) is 22.6 Å². The molecule has 1 fully saturated rings. The van der Waals surface area contributed by atoms with Crippen LogP contribution in [0.2, 0.25) is 0 Å². The zero-order chi connectivity index (χ0) is 15.3. The minimum atomic E-state index is -1.09. The third-order valence-corrected chi connectivity index (χ3v) is 4.80. The molecule has 0 unspecified atom stereocenters. The molecule has 112 valence electrons. The lowest BCUT2D eigenvalue weighted by atomic mass is 10.2. The van der Waals surface area contributed by atoms with Gasteiger partial charge >= 0.3 is 5.97 Å². The molecule has 2 atom stereocenters. The molecule has 1 heterocycles. The fraction of sp³-hybridized carbons (Fsp3) is 0.667. The van der Waals surface area contributed by atoms with Crippen LogP contribution >= 0.6 is 23.5 Å². The number of hydrogen-bond donors (Lipinski definition) is 1. The Hall–Kier alpha value is -1.02. The summed E-state index contributed by atoms with van der Waals surface area (Å²) in [5, 5.41) is 8.64. The number of carbonyl (C=O) groups is 4. The Labute approximate surface area is 125 Å². The smallest absolute Gasteiger partial charge is 0.327 e. The van der Waals surface area contributed by atoms with E-state index < -0.39 is 17.3 Å². The average Bonchev–Trinajstić information content (AvgIpc) is 2.71. The fourth-order valence-corrected chi connectivity index (χ4v) is 3.70. The van der Waals surface area contributed by atoms with Crippen molar-refractivity contribution in [3.8, 4) is 0 Å². The number of nitrogens with zero attached hydrogens (tertiary/aromatic N) is 1. The molecule has 0 aromatic heterocycles. The van der Waals surface area contributed by atoms with Crippen molar-refractivity contribution in [2.75, 3.05) is 12.3 Å². The van der Waals surface area contributed by atoms with E-state index in [1.165, 1.54) is 18.7 Å². The summed E-state index contributed by atoms with van der Waals surface area (Å²) in [4.78, 5) is 46.6. The number of carboxylic acids is 1. The molecule has 0 saturated carbocycles. The second-order valence-electron chi connectivity index (χ2n) is 4.40. The highest BCUT2D eigenvalue weighted by Crippen LogP contribution is 2.30. The molecule has 1 N–H and O–H groups in total. The lowest BCUT2D eigenvalue weighted by Crippen LogP contribution is -2.44. The molecular formula is C12H17NO5S2. The minimum absolute atomic E-state index is 0.0704. The van der Waals surface area contributed by atoms with Crippen LogP contribution in [0, 0.1) is 0 Å². The van der Waals surface area contributed by atoms with E-state index in [1.54, 1.807) is 0 Å². The zero-order valence-corrected chi connectivity index (χ0v) is 13.0. The average molecular weight is 319 g/mol. The van der Waals surface area contributed by atoms with Crippen molar-refractivity contribution in [1.29, 1.82) is 0 Å². The Bertz CT molecular complexity index is 426. The van der Waals surface area contributed by atoms with Crippen LogP contribution in [0.5, 0.6) is 0 Å². The van der Waals surface area contributed by atoms with Gasteiger partial charge in [0.2, 0.25) is 5.91 Å². The molecule has 1 saturated heterocycles. The van der Waals surface area contributed by atoms with Crippen LogP contribution in [0.25, 0.3) is 0 Å². The fourth-order valence-electron chi connectivity index (χ4n) is 2.10. The molecule has 6 nitrogen and oxygen atoms in total. The quantitative estimate of drug-likeness (QED) is 0.808. The van der Waals surface area contributed by atoms with E-state index in [1.807, 2.05) is 0 Å². The van der Waals surface area contributed by atoms with Gasteiger partial charge < -0.3 is 10.0 Å². The van der Waals surface area contributed by atoms with Gasteiger partial charge in [0.25, 0.3) is 0 Å². The first kappa shape index (κ1) is 17.0. The predicted octanol–water partition coefficient (Wildman–Crippen LogP) is 0.990. The first-order chi connectivity index (χ1) is 9.32. The first-order valence-corrected chi connectivity index (χ1v) is 8.02. The van der Waals surface area contributed by atoms with Crippen LogP contribution in [0.15, 0.2) is 0 Å². The van der Waals surface area contributed by atoms with Gasteiger partial charge in [0.05, 0.1) is 0 Å². The second kappa shape index (κ2) is 7.68. The highest BCUT2D eigenvalue weighted by Gasteiger charge is 2.42. The molecule has 8 heteroatoms. The van der Waals surface area contributed by atoms with Gasteiger partial charge in [0.15, 0.2) is 10.2 Å². The van der Waals surface area contributed by atoms with Gasteiger partial charge in [-0.25, -0.2) is 4.79 Å². The predicted molar refractivity (Wildman–Crippen MR) is 77.6 cm³/mol. The maximum atomic E-state index is 12.0. The number of amides is 1. The van der Waals surface area contributed by atoms with E-state index in [0.717, 1.165) is 23.5 Å². The number of likely N-dealkylation sites (tertiary alicyclic amines) is 1. The lowest BCUT2D eigenvalue weighted by molar-refractivity contribution is -0.147. The van der Waals surface area contributed by atoms with Gasteiger partial charge in [-0.2, -0.15) is 0 Å². The number of thioether (sulfide) groups is 2. The zero-order valence-electron chi connectivity index (χ0n) is 11.3. The second-order valence-corrected chi connectivity index (χ2v) is 7.08. The van der Waals surface area contributed by atoms with Crippen molar-refractivity contribution >= 4 is 45.6 Å². The maximum absolute atomic E-state index is 12.0. The Kier molecular flexibility index (Phi) is 6.54. The molecule has 1 rings (SSSR count). The number of carbonyl (C=O) groups excluding carboxylic acids is 3. The molecule has 0 spiro atoms. The standard InChI is InChI=1S/C12H17NO5S2/c1-7(14)19-6-4-10(16)13-5-3-9(20-8(2)15)11(13)12(17)18/h9,11H,3-6H2,1-2H3,(H,17,18)/t9-,11-/m0/s1. The van der Waals surface area contributed by atoms with E-state index in [9.17, 15) is 24.3 Å². The summed E-state index contributed by atoms with van der Waals surface area (Å²) < 4.78 is 0. The lowest BCUT2D eigenvalue weighted by Gasteiger charge is -2.24. The Balaban J connectivity index is 2.64. The molecule has 0 aliphatic carbocycles. The molecule has 0 radical (unpaired) electrons. The first-order valence-electron chi connectivity index (χ1n) is 6.15. The number of hydrogen-bond acceptors (Lipinski definition) is 6. The van der Waals surface area contributed by atoms with E-state index >= 15 is 0 Å². The van der Waals surface area contributed by atoms with E-state index in [2.05, 4.69) is 0 Å². The highest BCUT2D eigenvalue weighted by molar-refractivity contribution is 8.14. The third-order valence-electron chi connectivity index (χ3n) is 2.85. The molecule has 0 bridgehead atoms. The molecule has 1 amide bonds. The van der Waals surface area contributed by atoms with Crippen molar-refractivity contribution in [2.45, 2.75) is 38.0 Å². The summed E-state index contributed by atoms with van der Waals surface area (Å²) in [6.45, 7) is 3.15. The topological polar surface area (TPSA) is 91.8 Å². The molecular weight excluding hydrogens is 302 g/mol. The number of carboxylic acid groups (broad SMARTS) is 1. The van der Waals surface area contributed by atoms with Crippen LogP contribution in [-0.4, -0.2) is 55.7 Å². The van der Waals surface area contributed by atoms with Crippen molar-refractivity contribution in [2.24, 2.45) is 0 Å². The summed E-state index contributed by atoms with van der Waals surface area (Å²) >= 11 is 2.02. The molecule has 0 aromatic carbocycles. The van der Waals surface area contributed by atoms with Crippen molar-refractivity contribution in [3.63, 3.8) is 0 Å². The minimum Gasteiger partial charge on any atom is -0.480 e. The van der Waals surface area contributed by atoms with Crippen molar-refractivity contribution < 1.29 is 24.3 Å². The summed E-state index contributed by atoms with van der Waals surface area (Å²) in [6.07, 6.45) is 0.623. The van der Waals surface area contributed by atoms with Crippen LogP contribution in [0.4, 0.5) is 0 Å². The Morgan fingerprint density at radius 3 is 2.35 bits per heavy atom. The van der Waals surface area contributed by atoms with Crippen LogP contribution < -0.4 is 0 Å². The maximum Gasteiger partial charge on any atom is 0.327 e. The van der Waals surface area contributed by atoms with Gasteiger partial charge in [-0.3, -0.25) is 14.4 Å². The van der Waals surface area contributed by atoms with Gasteiger partial charge in [-0.05, 0) is 6.42 Å². The van der Waals surface area contributed by atoms with Gasteiger partial charge in [-0.15, -0.1) is 0 Å². The van der Waals surface area contributed by atoms with Gasteiger partial charge in [0, 0.05) is 37.8 Å². The largest absolute Gasteiger partial charge is 0.480 e. The third kappa shape index (κ3) is 4.82. The van der Waals surface area contributed by atoms with Crippen LogP contribution in [-0.2, 0) is 19.2 Å². The molecule has 1 aliphatic rings. The summed E-state index contributed by atoms with van der Waals surface area (Å²) in [7, 11) is 0. The van der Waals surface area contributed by atoms with E-state index in [0.29, 0.717) is 18.7 Å². The van der Waals surface area contributed by atoms with Crippen LogP contribution in [0.1, 0.15) is 26.7 Å². The monoisotopic (exact) mass is 319 g/mol. The van der Waals surface area contributed by atoms with Gasteiger partial charge in [-0.1, -0.05) is 23.5 Å². The summed E-state index contributed by atoms with van der Waals surface area (Å²) in [5.41, 5.74) is 0. The Morgan fingerprint density at radius 2 is 1.85 bits per heavy atom. The summed E-state index contributed by atoms with van der Waals surface area (Å²) in [6, 6.07) is -0.960. The highest BCUT2D eigenvalue weighted by atomic mass is 32.2. The van der Waals surface area contributed by atoms with Crippen molar-refractivity contribution in [1.82, 2.24) is 4.90 Å². The Morgan fingerprint density at radius 1 is 1.20 bits per heavy atom. The summed E-state index contributed by atoms with van der Waals surface area (Å²) in [5.74, 6) is -1.02. The molecule has 1 aliphatic heterocycles. The number of aliphatic carboxylic acids is 1. The molecule has 0 aromatic rings. The van der Waals surface area contributed by atoms with Crippen molar-refractivity contribution in [3.05, 3.63) is 0 Å². The number of rotatable bonds is 5. The van der Waals surface area contributed by atoms with Gasteiger partial charge in [0.1, 0.15) is 6.04 Å².